The molecule has 0 bridgehead atoms. The number of nitrogens with zero attached hydrogens (tertiary/aromatic N) is 1. The fraction of sp³-hybridized carbons (Fsp3) is 0.500. The van der Waals surface area contributed by atoms with Gasteiger partial charge in [0.25, 0.3) is 0 Å². The van der Waals surface area contributed by atoms with Gasteiger partial charge in [0.1, 0.15) is 11.3 Å². The highest BCUT2D eigenvalue weighted by Gasteiger charge is 2.23. The normalized spacial score (nSPS) is 12.0. The second-order valence-electron chi connectivity index (χ2n) is 5.33. The lowest BCUT2D eigenvalue weighted by atomic mass is 9.91. The first-order valence-electron chi connectivity index (χ1n) is 6.26. The summed E-state index contributed by atoms with van der Waals surface area (Å²) >= 11 is 1.75. The number of aromatic nitrogens is 1. The summed E-state index contributed by atoms with van der Waals surface area (Å²) in [5.74, 6) is 0. The molecule has 1 N–H and O–H groups in total. The van der Waals surface area contributed by atoms with Crippen molar-refractivity contribution in [3.63, 3.8) is 0 Å². The van der Waals surface area contributed by atoms with Crippen LogP contribution in [0.25, 0.3) is 10.6 Å². The van der Waals surface area contributed by atoms with E-state index in [1.807, 2.05) is 6.07 Å². The summed E-state index contributed by atoms with van der Waals surface area (Å²) in [7, 11) is 0. The molecule has 0 radical (unpaired) electrons. The Kier molecular flexibility index (Phi) is 3.88. The molecule has 3 nitrogen and oxygen atoms in total. The number of thiazole rings is 1. The first-order valence-corrected chi connectivity index (χ1v) is 7.07. The van der Waals surface area contributed by atoms with Crippen LogP contribution >= 0.6 is 11.3 Å². The molecule has 0 atom stereocenters. The van der Waals surface area contributed by atoms with Crippen molar-refractivity contribution >= 4 is 11.3 Å². The summed E-state index contributed by atoms with van der Waals surface area (Å²) in [6, 6.07) is 1.96. The maximum Gasteiger partial charge on any atom is 0.127 e. The predicted molar refractivity (Wildman–Crippen MR) is 75.9 cm³/mol. The average molecular weight is 264 g/mol. The highest BCUT2D eigenvalue weighted by Crippen LogP contribution is 2.34. The minimum atomic E-state index is 0.0727. The third kappa shape index (κ3) is 2.82. The molecule has 0 amide bonds. The van der Waals surface area contributed by atoms with E-state index in [9.17, 15) is 0 Å². The minimum Gasteiger partial charge on any atom is -0.472 e. The van der Waals surface area contributed by atoms with E-state index >= 15 is 0 Å². The van der Waals surface area contributed by atoms with Gasteiger partial charge in [0.15, 0.2) is 0 Å². The van der Waals surface area contributed by atoms with Crippen molar-refractivity contribution in [1.29, 1.82) is 0 Å². The van der Waals surface area contributed by atoms with E-state index in [1.54, 1.807) is 23.9 Å². The van der Waals surface area contributed by atoms with Crippen molar-refractivity contribution < 1.29 is 4.42 Å². The standard InChI is InChI=1S/C14H20N2OS/c1-5-15-8-11-12(14(2,3)4)16-13(18-11)10-6-7-17-9-10/h6-7,9,15H,5,8H2,1-4H3. The lowest BCUT2D eigenvalue weighted by Crippen LogP contribution is -2.18. The van der Waals surface area contributed by atoms with Gasteiger partial charge in [-0.2, -0.15) is 0 Å². The number of rotatable bonds is 4. The summed E-state index contributed by atoms with van der Waals surface area (Å²) in [6.45, 7) is 10.6. The van der Waals surface area contributed by atoms with E-state index in [1.165, 1.54) is 10.6 Å². The molecule has 18 heavy (non-hydrogen) atoms. The van der Waals surface area contributed by atoms with Gasteiger partial charge in [-0.05, 0) is 12.6 Å². The van der Waals surface area contributed by atoms with Crippen LogP contribution in [0.15, 0.2) is 23.0 Å². The number of hydrogen-bond donors (Lipinski definition) is 1. The van der Waals surface area contributed by atoms with Crippen molar-refractivity contribution in [1.82, 2.24) is 10.3 Å². The van der Waals surface area contributed by atoms with E-state index in [0.29, 0.717) is 0 Å². The van der Waals surface area contributed by atoms with Crippen molar-refractivity contribution in [3.05, 3.63) is 29.2 Å². The summed E-state index contributed by atoms with van der Waals surface area (Å²) < 4.78 is 5.14. The third-order valence-corrected chi connectivity index (χ3v) is 3.82. The zero-order chi connectivity index (χ0) is 13.2. The molecule has 0 aliphatic heterocycles. The first-order chi connectivity index (χ1) is 8.52. The van der Waals surface area contributed by atoms with Crippen LogP contribution in [0, 0.1) is 0 Å². The molecule has 98 valence electrons. The molecule has 2 aromatic rings. The summed E-state index contributed by atoms with van der Waals surface area (Å²) in [6.07, 6.45) is 3.44. The average Bonchev–Trinajstić information content (AvgIpc) is 2.93. The molecule has 4 heteroatoms. The molecule has 0 fully saturated rings. The SMILES string of the molecule is CCNCc1sc(-c2ccoc2)nc1C(C)(C)C. The molecule has 0 aliphatic carbocycles. The minimum absolute atomic E-state index is 0.0727. The van der Waals surface area contributed by atoms with E-state index in [0.717, 1.165) is 23.7 Å². The Morgan fingerprint density at radius 3 is 2.72 bits per heavy atom. The van der Waals surface area contributed by atoms with E-state index in [-0.39, 0.29) is 5.41 Å². The fourth-order valence-electron chi connectivity index (χ4n) is 1.81. The van der Waals surface area contributed by atoms with Gasteiger partial charge in [-0.15, -0.1) is 11.3 Å². The lowest BCUT2D eigenvalue weighted by molar-refractivity contribution is 0.560. The van der Waals surface area contributed by atoms with Crippen LogP contribution in [0.1, 0.15) is 38.3 Å². The highest BCUT2D eigenvalue weighted by atomic mass is 32.1. The van der Waals surface area contributed by atoms with Crippen LogP contribution in [0.3, 0.4) is 0 Å². The van der Waals surface area contributed by atoms with Crippen molar-refractivity contribution in [3.8, 4) is 10.6 Å². The Balaban J connectivity index is 2.38. The first kappa shape index (κ1) is 13.3. The van der Waals surface area contributed by atoms with Gasteiger partial charge >= 0.3 is 0 Å². The Morgan fingerprint density at radius 1 is 1.39 bits per heavy atom. The maximum absolute atomic E-state index is 5.14. The largest absolute Gasteiger partial charge is 0.472 e. The van der Waals surface area contributed by atoms with Gasteiger partial charge in [0, 0.05) is 22.4 Å². The molecule has 0 aromatic carbocycles. The molecule has 2 aromatic heterocycles. The van der Waals surface area contributed by atoms with Gasteiger partial charge in [-0.25, -0.2) is 4.98 Å². The smallest absolute Gasteiger partial charge is 0.127 e. The Bertz CT molecular complexity index is 494. The molecule has 0 saturated carbocycles. The van der Waals surface area contributed by atoms with Crippen LogP contribution in [0.5, 0.6) is 0 Å². The molecule has 0 unspecified atom stereocenters. The Hall–Kier alpha value is -1.13. The summed E-state index contributed by atoms with van der Waals surface area (Å²) in [5.41, 5.74) is 2.32. The van der Waals surface area contributed by atoms with E-state index in [2.05, 4.69) is 33.0 Å². The monoisotopic (exact) mass is 264 g/mol. The molecular weight excluding hydrogens is 244 g/mol. The number of nitrogens with one attached hydrogen (secondary N) is 1. The zero-order valence-electron chi connectivity index (χ0n) is 11.4. The maximum atomic E-state index is 5.14. The molecular formula is C14H20N2OS. The van der Waals surface area contributed by atoms with Crippen LogP contribution in [-0.4, -0.2) is 11.5 Å². The summed E-state index contributed by atoms with van der Waals surface area (Å²) in [4.78, 5) is 6.12. The van der Waals surface area contributed by atoms with Gasteiger partial charge in [-0.1, -0.05) is 27.7 Å². The van der Waals surface area contributed by atoms with Crippen molar-refractivity contribution in [2.75, 3.05) is 6.54 Å². The molecule has 0 spiro atoms. The highest BCUT2D eigenvalue weighted by molar-refractivity contribution is 7.15. The lowest BCUT2D eigenvalue weighted by Gasteiger charge is -2.17. The summed E-state index contributed by atoms with van der Waals surface area (Å²) in [5, 5.41) is 4.43. The van der Waals surface area contributed by atoms with Gasteiger partial charge in [-0.3, -0.25) is 0 Å². The topological polar surface area (TPSA) is 38.1 Å². The van der Waals surface area contributed by atoms with Crippen LogP contribution in [-0.2, 0) is 12.0 Å². The quantitative estimate of drug-likeness (QED) is 0.912. The van der Waals surface area contributed by atoms with Gasteiger partial charge in [0.2, 0.25) is 0 Å². The molecule has 2 heterocycles. The number of furan rings is 1. The molecule has 0 aliphatic rings. The second kappa shape index (κ2) is 5.24. The zero-order valence-corrected chi connectivity index (χ0v) is 12.2. The number of hydrogen-bond acceptors (Lipinski definition) is 4. The van der Waals surface area contributed by atoms with Crippen molar-refractivity contribution in [2.45, 2.75) is 39.7 Å². The van der Waals surface area contributed by atoms with Crippen molar-refractivity contribution in [2.24, 2.45) is 0 Å². The van der Waals surface area contributed by atoms with Crippen LogP contribution < -0.4 is 5.32 Å². The van der Waals surface area contributed by atoms with Gasteiger partial charge < -0.3 is 9.73 Å². The van der Waals surface area contributed by atoms with E-state index in [4.69, 9.17) is 9.40 Å². The van der Waals surface area contributed by atoms with Crippen LogP contribution in [0.2, 0.25) is 0 Å². The predicted octanol–water partition coefficient (Wildman–Crippen LogP) is 3.81. The van der Waals surface area contributed by atoms with Gasteiger partial charge in [0.05, 0.1) is 12.0 Å². The molecule has 0 saturated heterocycles. The Labute approximate surface area is 112 Å². The second-order valence-corrected chi connectivity index (χ2v) is 6.42. The Morgan fingerprint density at radius 2 is 2.17 bits per heavy atom. The fourth-order valence-corrected chi connectivity index (χ4v) is 3.03. The molecule has 2 rings (SSSR count). The third-order valence-electron chi connectivity index (χ3n) is 2.71. The van der Waals surface area contributed by atoms with E-state index < -0.39 is 0 Å². The van der Waals surface area contributed by atoms with Crippen LogP contribution in [0.4, 0.5) is 0 Å².